The fraction of sp³-hybridized carbons (Fsp3) is 0. The van der Waals surface area contributed by atoms with E-state index in [0.717, 1.165) is 17.4 Å². The molecule has 1 heterocycles. The normalized spacial score (nSPS) is 9.80. The predicted molar refractivity (Wildman–Crippen MR) is 40.5 cm³/mol. The Morgan fingerprint density at radius 2 is 2.40 bits per heavy atom. The van der Waals surface area contributed by atoms with E-state index in [1.54, 1.807) is 0 Å². The van der Waals surface area contributed by atoms with Gasteiger partial charge < -0.3 is 5.73 Å². The van der Waals surface area contributed by atoms with Gasteiger partial charge >= 0.3 is 0 Å². The van der Waals surface area contributed by atoms with E-state index in [9.17, 15) is 9.18 Å². The Kier molecular flexibility index (Phi) is 2.05. The van der Waals surface area contributed by atoms with Crippen molar-refractivity contribution < 1.29 is 9.18 Å². The van der Waals surface area contributed by atoms with Crippen LogP contribution in [-0.2, 0) is 0 Å². The van der Waals surface area contributed by atoms with Gasteiger partial charge in [0.15, 0.2) is 0 Å². The molecule has 54 valence electrons. The molecule has 2 nitrogen and oxygen atoms in total. The molecule has 1 rings (SSSR count). The molecule has 0 aliphatic carbocycles. The van der Waals surface area contributed by atoms with Crippen molar-refractivity contribution in [3.05, 3.63) is 20.5 Å². The van der Waals surface area contributed by atoms with Crippen LogP contribution in [0.5, 0.6) is 0 Å². The summed E-state index contributed by atoms with van der Waals surface area (Å²) >= 11 is 3.91. The molecule has 0 atom stereocenters. The van der Waals surface area contributed by atoms with Crippen molar-refractivity contribution in [2.45, 2.75) is 0 Å². The quantitative estimate of drug-likeness (QED) is 0.775. The van der Waals surface area contributed by atoms with E-state index in [4.69, 9.17) is 5.73 Å². The maximum atomic E-state index is 12.5. The number of carbonyl (C=O) groups excluding carboxylic acids is 1. The van der Waals surface area contributed by atoms with Crippen LogP contribution in [0.1, 0.15) is 9.67 Å². The van der Waals surface area contributed by atoms with Crippen LogP contribution in [0.3, 0.4) is 0 Å². The van der Waals surface area contributed by atoms with Crippen molar-refractivity contribution in [3.8, 4) is 0 Å². The third-order valence-electron chi connectivity index (χ3n) is 0.888. The second-order valence-electron chi connectivity index (χ2n) is 1.60. The maximum Gasteiger partial charge on any atom is 0.258 e. The van der Waals surface area contributed by atoms with Gasteiger partial charge in [0.2, 0.25) is 0 Å². The van der Waals surface area contributed by atoms with Gasteiger partial charge in [0, 0.05) is 0 Å². The monoisotopic (exact) mass is 223 g/mol. The number of thiophene rings is 1. The average Bonchev–Trinajstić information content (AvgIpc) is 2.13. The molecule has 1 amide bonds. The lowest BCUT2D eigenvalue weighted by atomic mass is 10.4. The minimum Gasteiger partial charge on any atom is -0.365 e. The Morgan fingerprint density at radius 1 is 1.80 bits per heavy atom. The molecule has 0 fully saturated rings. The molecular formula is C5H3BrFNOS. The Balaban J connectivity index is 3.10. The first-order valence-electron chi connectivity index (χ1n) is 2.36. The number of amides is 1. The van der Waals surface area contributed by atoms with Crippen molar-refractivity contribution in [1.29, 1.82) is 0 Å². The van der Waals surface area contributed by atoms with Gasteiger partial charge in [-0.2, -0.15) is 0 Å². The summed E-state index contributed by atoms with van der Waals surface area (Å²) in [5.74, 6) is -1.05. The number of primary amides is 1. The summed E-state index contributed by atoms with van der Waals surface area (Å²) in [5, 5.41) is 0. The average molecular weight is 224 g/mol. The van der Waals surface area contributed by atoms with Gasteiger partial charge in [-0.15, -0.1) is 11.3 Å². The van der Waals surface area contributed by atoms with Crippen molar-refractivity contribution >= 4 is 33.2 Å². The van der Waals surface area contributed by atoms with Crippen LogP contribution < -0.4 is 5.73 Å². The fourth-order valence-corrected chi connectivity index (χ4v) is 1.72. The molecule has 5 heteroatoms. The van der Waals surface area contributed by atoms with Gasteiger partial charge in [-0.1, -0.05) is 0 Å². The number of nitrogens with two attached hydrogens (primary N) is 1. The summed E-state index contributed by atoms with van der Waals surface area (Å²) in [5.41, 5.74) is 4.88. The highest BCUT2D eigenvalue weighted by Crippen LogP contribution is 2.25. The Labute approximate surface area is 69.0 Å². The van der Waals surface area contributed by atoms with E-state index in [1.165, 1.54) is 0 Å². The molecule has 0 bridgehead atoms. The molecule has 0 aliphatic rings. The van der Waals surface area contributed by atoms with E-state index in [-0.39, 0.29) is 4.88 Å². The number of halogens is 2. The molecule has 0 spiro atoms. The van der Waals surface area contributed by atoms with Crippen molar-refractivity contribution in [3.63, 3.8) is 0 Å². The fourth-order valence-electron chi connectivity index (χ4n) is 0.468. The number of carbonyl (C=O) groups is 1. The Bertz CT molecular complexity index is 253. The lowest BCUT2D eigenvalue weighted by molar-refractivity contribution is 0.100. The van der Waals surface area contributed by atoms with Gasteiger partial charge in [-0.25, -0.2) is 4.39 Å². The van der Waals surface area contributed by atoms with E-state index in [2.05, 4.69) is 15.9 Å². The molecule has 2 N–H and O–H groups in total. The minimum absolute atomic E-state index is 0.226. The molecule has 0 saturated carbocycles. The second-order valence-corrected chi connectivity index (χ2v) is 3.97. The van der Waals surface area contributed by atoms with E-state index in [1.807, 2.05) is 0 Å². The SMILES string of the molecule is NC(=O)c1cc(F)c(Br)s1. The van der Waals surface area contributed by atoms with E-state index in [0.29, 0.717) is 3.79 Å². The first-order chi connectivity index (χ1) is 4.61. The zero-order chi connectivity index (χ0) is 7.72. The Hall–Kier alpha value is -0.420. The smallest absolute Gasteiger partial charge is 0.258 e. The first kappa shape index (κ1) is 7.68. The highest BCUT2D eigenvalue weighted by Gasteiger charge is 2.09. The molecule has 1 aromatic rings. The number of hydrogen-bond donors (Lipinski definition) is 1. The second kappa shape index (κ2) is 2.67. The molecule has 10 heavy (non-hydrogen) atoms. The molecule has 1 aromatic heterocycles. The van der Waals surface area contributed by atoms with Gasteiger partial charge in [-0.3, -0.25) is 4.79 Å². The Morgan fingerprint density at radius 3 is 2.60 bits per heavy atom. The molecule has 0 aliphatic heterocycles. The number of hydrogen-bond acceptors (Lipinski definition) is 2. The third-order valence-corrected chi connectivity index (χ3v) is 2.67. The van der Waals surface area contributed by atoms with E-state index < -0.39 is 11.7 Å². The molecule has 0 aromatic carbocycles. The number of rotatable bonds is 1. The van der Waals surface area contributed by atoms with E-state index >= 15 is 0 Å². The highest BCUT2D eigenvalue weighted by molar-refractivity contribution is 9.11. The van der Waals surface area contributed by atoms with Crippen LogP contribution in [0.2, 0.25) is 0 Å². The maximum absolute atomic E-state index is 12.5. The van der Waals surface area contributed by atoms with Crippen molar-refractivity contribution in [2.75, 3.05) is 0 Å². The summed E-state index contributed by atoms with van der Waals surface area (Å²) in [6.45, 7) is 0. The van der Waals surface area contributed by atoms with Crippen LogP contribution in [-0.4, -0.2) is 5.91 Å². The standard InChI is InChI=1S/C5H3BrFNOS/c6-4-2(7)1-3(10-4)5(8)9/h1H,(H2,8,9). The third kappa shape index (κ3) is 1.35. The summed E-state index contributed by atoms with van der Waals surface area (Å²) in [4.78, 5) is 10.6. The van der Waals surface area contributed by atoms with Crippen LogP contribution in [0.4, 0.5) is 4.39 Å². The van der Waals surface area contributed by atoms with Crippen LogP contribution in [0, 0.1) is 5.82 Å². The topological polar surface area (TPSA) is 43.1 Å². The molecule has 0 radical (unpaired) electrons. The van der Waals surface area contributed by atoms with Gasteiger partial charge in [0.05, 0.1) is 4.88 Å². The van der Waals surface area contributed by atoms with Crippen molar-refractivity contribution in [1.82, 2.24) is 0 Å². The van der Waals surface area contributed by atoms with Gasteiger partial charge in [-0.05, 0) is 22.0 Å². The molecule has 0 unspecified atom stereocenters. The zero-order valence-electron chi connectivity index (χ0n) is 4.73. The molecule has 0 saturated heterocycles. The molecular weight excluding hydrogens is 221 g/mol. The zero-order valence-corrected chi connectivity index (χ0v) is 7.13. The highest BCUT2D eigenvalue weighted by atomic mass is 79.9. The lowest BCUT2D eigenvalue weighted by Crippen LogP contribution is -2.08. The van der Waals surface area contributed by atoms with Crippen LogP contribution >= 0.6 is 27.3 Å². The summed E-state index contributed by atoms with van der Waals surface area (Å²) in [6, 6.07) is 1.11. The van der Waals surface area contributed by atoms with Crippen LogP contribution in [0.25, 0.3) is 0 Å². The lowest BCUT2D eigenvalue weighted by Gasteiger charge is -1.80. The van der Waals surface area contributed by atoms with Gasteiger partial charge in [0.1, 0.15) is 9.60 Å². The first-order valence-corrected chi connectivity index (χ1v) is 3.97. The predicted octanol–water partition coefficient (Wildman–Crippen LogP) is 1.75. The largest absolute Gasteiger partial charge is 0.365 e. The summed E-state index contributed by atoms with van der Waals surface area (Å²) in [7, 11) is 0. The summed E-state index contributed by atoms with van der Waals surface area (Å²) < 4.78 is 12.8. The summed E-state index contributed by atoms with van der Waals surface area (Å²) in [6.07, 6.45) is 0. The van der Waals surface area contributed by atoms with Gasteiger partial charge in [0.25, 0.3) is 5.91 Å². The van der Waals surface area contributed by atoms with Crippen molar-refractivity contribution in [2.24, 2.45) is 5.73 Å². The minimum atomic E-state index is -0.602. The van der Waals surface area contributed by atoms with Crippen LogP contribution in [0.15, 0.2) is 9.85 Å².